The molecule has 196 valence electrons. The molecule has 0 aliphatic carbocycles. The molecule has 2 heterocycles. The van der Waals surface area contributed by atoms with E-state index < -0.39 is 6.04 Å². The molecule has 38 heavy (non-hydrogen) atoms. The Labute approximate surface area is 221 Å². The highest BCUT2D eigenvalue weighted by atomic mass is 16.5. The number of amides is 1. The molecule has 1 aromatic heterocycles. The molecule has 4 aromatic rings. The van der Waals surface area contributed by atoms with Crippen LogP contribution >= 0.6 is 0 Å². The van der Waals surface area contributed by atoms with Crippen LogP contribution in [-0.4, -0.2) is 51.5 Å². The number of H-pyrrole nitrogens is 1. The van der Waals surface area contributed by atoms with Gasteiger partial charge in [-0.2, -0.15) is 5.10 Å². The van der Waals surface area contributed by atoms with Crippen molar-refractivity contribution in [3.05, 3.63) is 94.2 Å². The fraction of sp³-hybridized carbons (Fsp3) is 0.267. The molecule has 5 rings (SSSR count). The maximum Gasteiger partial charge on any atom is 0.273 e. The highest BCUT2D eigenvalue weighted by molar-refractivity contribution is 6.00. The number of aryl methyl sites for hydroxylation is 2. The third-order valence-corrected chi connectivity index (χ3v) is 6.86. The molecule has 0 radical (unpaired) electrons. The van der Waals surface area contributed by atoms with E-state index >= 15 is 0 Å². The number of methoxy groups -OCH3 is 1. The van der Waals surface area contributed by atoms with Crippen molar-refractivity contribution >= 4 is 5.91 Å². The van der Waals surface area contributed by atoms with Crippen LogP contribution in [0.15, 0.2) is 60.7 Å². The number of ether oxygens (including phenoxy) is 2. The molecule has 1 aliphatic heterocycles. The normalized spacial score (nSPS) is 14.6. The molecule has 8 heteroatoms. The Kier molecular flexibility index (Phi) is 7.07. The van der Waals surface area contributed by atoms with Crippen molar-refractivity contribution in [2.24, 2.45) is 0 Å². The molecule has 1 unspecified atom stereocenters. The summed E-state index contributed by atoms with van der Waals surface area (Å²) < 4.78 is 11.7. The van der Waals surface area contributed by atoms with E-state index in [1.54, 1.807) is 12.0 Å². The van der Waals surface area contributed by atoms with Gasteiger partial charge in [-0.05, 0) is 60.7 Å². The van der Waals surface area contributed by atoms with Crippen molar-refractivity contribution in [3.63, 3.8) is 0 Å². The third kappa shape index (κ3) is 4.59. The predicted molar refractivity (Wildman–Crippen MR) is 144 cm³/mol. The summed E-state index contributed by atoms with van der Waals surface area (Å²) in [7, 11) is 1.58. The van der Waals surface area contributed by atoms with Crippen LogP contribution in [0.1, 0.15) is 50.8 Å². The van der Waals surface area contributed by atoms with Crippen LogP contribution in [0.25, 0.3) is 11.3 Å². The Bertz CT molecular complexity index is 1460. The second-order valence-electron chi connectivity index (χ2n) is 9.50. The minimum absolute atomic E-state index is 0.0387. The average molecular weight is 514 g/mol. The van der Waals surface area contributed by atoms with E-state index in [0.29, 0.717) is 53.6 Å². The van der Waals surface area contributed by atoms with E-state index in [4.69, 9.17) is 9.47 Å². The molecule has 1 amide bonds. The number of phenols is 1. The molecule has 0 saturated heterocycles. The predicted octanol–water partition coefficient (Wildman–Crippen LogP) is 4.91. The lowest BCUT2D eigenvalue weighted by atomic mass is 9.94. The van der Waals surface area contributed by atoms with Gasteiger partial charge in [-0.1, -0.05) is 42.5 Å². The average Bonchev–Trinajstić information content (AvgIpc) is 3.47. The van der Waals surface area contributed by atoms with Gasteiger partial charge in [-0.25, -0.2) is 0 Å². The standard InChI is InChI=1S/C30H31N3O5/c1-18-14-19(2)29(35)22(15-18)26-25-27(32-31-26)30(36)33(12-7-13-34)28(25)21-10-11-23(24(16-21)37-3)38-17-20-8-5-4-6-9-20/h4-6,8-11,14-16,28,34-35H,7,12-13,17H2,1-3H3,(H,31,32). The van der Waals surface area contributed by atoms with E-state index in [-0.39, 0.29) is 18.3 Å². The second-order valence-corrected chi connectivity index (χ2v) is 9.50. The molecular weight excluding hydrogens is 482 g/mol. The van der Waals surface area contributed by atoms with Crippen molar-refractivity contribution in [2.75, 3.05) is 20.3 Å². The number of hydrogen-bond acceptors (Lipinski definition) is 6. The molecule has 0 saturated carbocycles. The number of aromatic nitrogens is 2. The van der Waals surface area contributed by atoms with Crippen molar-refractivity contribution in [1.29, 1.82) is 0 Å². The molecule has 1 atom stereocenters. The zero-order chi connectivity index (χ0) is 26.8. The molecule has 0 bridgehead atoms. The van der Waals surface area contributed by atoms with Gasteiger partial charge in [0.25, 0.3) is 5.91 Å². The Morgan fingerprint density at radius 3 is 2.58 bits per heavy atom. The number of phenolic OH excluding ortho intramolecular Hbond substituents is 1. The monoisotopic (exact) mass is 513 g/mol. The van der Waals surface area contributed by atoms with E-state index in [2.05, 4.69) is 10.2 Å². The zero-order valence-corrected chi connectivity index (χ0v) is 21.7. The maximum atomic E-state index is 13.5. The van der Waals surface area contributed by atoms with Gasteiger partial charge in [-0.3, -0.25) is 9.89 Å². The number of benzene rings is 3. The first-order valence-corrected chi connectivity index (χ1v) is 12.6. The summed E-state index contributed by atoms with van der Waals surface area (Å²) in [5.74, 6) is 1.06. The Balaban J connectivity index is 1.58. The number of carbonyl (C=O) groups excluding carboxylic acids is 1. The number of nitrogens with zero attached hydrogens (tertiary/aromatic N) is 2. The van der Waals surface area contributed by atoms with Crippen LogP contribution in [0.5, 0.6) is 17.2 Å². The summed E-state index contributed by atoms with van der Waals surface area (Å²) in [5.41, 5.74) is 5.72. The summed E-state index contributed by atoms with van der Waals surface area (Å²) in [5, 5.41) is 27.8. The van der Waals surface area contributed by atoms with Gasteiger partial charge in [0.2, 0.25) is 0 Å². The van der Waals surface area contributed by atoms with E-state index in [0.717, 1.165) is 22.3 Å². The lowest BCUT2D eigenvalue weighted by molar-refractivity contribution is 0.0732. The summed E-state index contributed by atoms with van der Waals surface area (Å²) in [4.78, 5) is 15.2. The molecule has 0 spiro atoms. The lowest BCUT2D eigenvalue weighted by Gasteiger charge is -2.27. The van der Waals surface area contributed by atoms with E-state index in [1.807, 2.05) is 74.5 Å². The Morgan fingerprint density at radius 2 is 1.84 bits per heavy atom. The quantitative estimate of drug-likeness (QED) is 0.293. The molecule has 8 nitrogen and oxygen atoms in total. The second kappa shape index (κ2) is 10.6. The minimum atomic E-state index is -0.491. The van der Waals surface area contributed by atoms with Gasteiger partial charge < -0.3 is 24.6 Å². The van der Waals surface area contributed by atoms with E-state index in [1.165, 1.54) is 0 Å². The summed E-state index contributed by atoms with van der Waals surface area (Å²) >= 11 is 0. The first-order chi connectivity index (χ1) is 18.4. The highest BCUT2D eigenvalue weighted by Crippen LogP contribution is 2.46. The molecule has 0 fully saturated rings. The van der Waals surface area contributed by atoms with Crippen LogP contribution in [0, 0.1) is 13.8 Å². The first-order valence-electron chi connectivity index (χ1n) is 12.6. The Hall–Kier alpha value is -4.30. The summed E-state index contributed by atoms with van der Waals surface area (Å²) in [6.45, 7) is 4.51. The van der Waals surface area contributed by atoms with Crippen molar-refractivity contribution in [1.82, 2.24) is 15.1 Å². The van der Waals surface area contributed by atoms with Gasteiger partial charge in [0.15, 0.2) is 11.5 Å². The van der Waals surface area contributed by atoms with Crippen LogP contribution in [0.2, 0.25) is 0 Å². The maximum absolute atomic E-state index is 13.5. The Morgan fingerprint density at radius 1 is 1.05 bits per heavy atom. The van der Waals surface area contributed by atoms with Crippen LogP contribution in [0.3, 0.4) is 0 Å². The van der Waals surface area contributed by atoms with Crippen LogP contribution in [-0.2, 0) is 6.61 Å². The smallest absolute Gasteiger partial charge is 0.273 e. The number of aliphatic hydroxyl groups is 1. The first kappa shape index (κ1) is 25.4. The number of aromatic amines is 1. The highest BCUT2D eigenvalue weighted by Gasteiger charge is 2.42. The van der Waals surface area contributed by atoms with Gasteiger partial charge in [0.05, 0.1) is 13.2 Å². The SMILES string of the molecule is COc1cc(C2c3c(-c4cc(C)cc(C)c4O)n[nH]c3C(=O)N2CCCO)ccc1OCc1ccccc1. The number of aliphatic hydroxyl groups excluding tert-OH is 1. The largest absolute Gasteiger partial charge is 0.507 e. The fourth-order valence-electron chi connectivity index (χ4n) is 5.07. The van der Waals surface area contributed by atoms with Gasteiger partial charge in [0, 0.05) is 24.3 Å². The number of fused-ring (bicyclic) bond motifs is 1. The van der Waals surface area contributed by atoms with Gasteiger partial charge in [0.1, 0.15) is 23.7 Å². The molecule has 3 N–H and O–H groups in total. The molecular formula is C30H31N3O5. The summed E-state index contributed by atoms with van der Waals surface area (Å²) in [6.07, 6.45) is 0.430. The summed E-state index contributed by atoms with van der Waals surface area (Å²) in [6, 6.07) is 18.8. The minimum Gasteiger partial charge on any atom is -0.507 e. The van der Waals surface area contributed by atoms with Gasteiger partial charge in [-0.15, -0.1) is 0 Å². The van der Waals surface area contributed by atoms with Gasteiger partial charge >= 0.3 is 0 Å². The molecule has 3 aromatic carbocycles. The zero-order valence-electron chi connectivity index (χ0n) is 21.7. The van der Waals surface area contributed by atoms with Crippen molar-refractivity contribution in [3.8, 4) is 28.5 Å². The topological polar surface area (TPSA) is 108 Å². The number of aromatic hydroxyl groups is 1. The lowest BCUT2D eigenvalue weighted by Crippen LogP contribution is -2.31. The fourth-order valence-corrected chi connectivity index (χ4v) is 5.07. The van der Waals surface area contributed by atoms with Crippen LogP contribution < -0.4 is 9.47 Å². The number of hydrogen-bond donors (Lipinski definition) is 3. The van der Waals surface area contributed by atoms with Crippen molar-refractivity contribution < 1.29 is 24.5 Å². The number of rotatable bonds is 9. The van der Waals surface area contributed by atoms with Crippen LogP contribution in [0.4, 0.5) is 0 Å². The third-order valence-electron chi connectivity index (χ3n) is 6.86. The van der Waals surface area contributed by atoms with Crippen molar-refractivity contribution in [2.45, 2.75) is 32.9 Å². The number of nitrogens with one attached hydrogen (secondary N) is 1. The number of carbonyl (C=O) groups is 1. The van der Waals surface area contributed by atoms with E-state index in [9.17, 15) is 15.0 Å². The molecule has 1 aliphatic rings.